The summed E-state index contributed by atoms with van der Waals surface area (Å²) in [6, 6.07) is 3.71. The van der Waals surface area contributed by atoms with Gasteiger partial charge in [-0.05, 0) is 18.6 Å². The summed E-state index contributed by atoms with van der Waals surface area (Å²) in [4.78, 5) is 0. The standard InChI is InChI=1S/C6H9NO/c1-2-6-4-3-5-7(6)8/h3-5,8H,2H2,1H3. The van der Waals surface area contributed by atoms with E-state index in [2.05, 4.69) is 0 Å². The van der Waals surface area contributed by atoms with Crippen LogP contribution in [0.25, 0.3) is 0 Å². The molecule has 0 saturated carbocycles. The Kier molecular flexibility index (Phi) is 1.24. The van der Waals surface area contributed by atoms with E-state index in [0.717, 1.165) is 16.8 Å². The number of hydrogen-bond acceptors (Lipinski definition) is 1. The summed E-state index contributed by atoms with van der Waals surface area (Å²) < 4.78 is 1.14. The predicted molar refractivity (Wildman–Crippen MR) is 31.0 cm³/mol. The largest absolute Gasteiger partial charge is 0.429 e. The van der Waals surface area contributed by atoms with Crippen molar-refractivity contribution in [2.75, 3.05) is 0 Å². The summed E-state index contributed by atoms with van der Waals surface area (Å²) in [6.07, 6.45) is 2.50. The molecule has 0 spiro atoms. The molecule has 1 aromatic rings. The van der Waals surface area contributed by atoms with Crippen molar-refractivity contribution in [3.63, 3.8) is 0 Å². The molecule has 1 heterocycles. The molecule has 2 heteroatoms. The van der Waals surface area contributed by atoms with Gasteiger partial charge in [-0.3, -0.25) is 0 Å². The molecule has 0 bridgehead atoms. The van der Waals surface area contributed by atoms with Crippen LogP contribution < -0.4 is 0 Å². The first-order valence-corrected chi connectivity index (χ1v) is 2.70. The fourth-order valence-corrected chi connectivity index (χ4v) is 0.688. The van der Waals surface area contributed by atoms with Crippen molar-refractivity contribution < 1.29 is 5.21 Å². The Bertz CT molecular complexity index is 169. The Morgan fingerprint density at radius 1 is 1.75 bits per heavy atom. The minimum atomic E-state index is 0.878. The second kappa shape index (κ2) is 1.90. The molecule has 0 unspecified atom stereocenters. The average molecular weight is 111 g/mol. The van der Waals surface area contributed by atoms with Crippen LogP contribution in [0.2, 0.25) is 0 Å². The summed E-state index contributed by atoms with van der Waals surface area (Å²) in [5.74, 6) is 0. The van der Waals surface area contributed by atoms with Gasteiger partial charge in [-0.15, -0.1) is 0 Å². The quantitative estimate of drug-likeness (QED) is 0.543. The molecule has 0 aromatic carbocycles. The Morgan fingerprint density at radius 2 is 2.50 bits per heavy atom. The van der Waals surface area contributed by atoms with Crippen molar-refractivity contribution in [3.05, 3.63) is 24.0 Å². The van der Waals surface area contributed by atoms with Gasteiger partial charge in [0, 0.05) is 6.20 Å². The smallest absolute Gasteiger partial charge is 0.0564 e. The molecule has 0 amide bonds. The highest BCUT2D eigenvalue weighted by atomic mass is 16.5. The van der Waals surface area contributed by atoms with Crippen molar-refractivity contribution in [3.8, 4) is 0 Å². The third-order valence-corrected chi connectivity index (χ3v) is 1.17. The van der Waals surface area contributed by atoms with E-state index in [1.165, 1.54) is 0 Å². The molecule has 1 aromatic heterocycles. The van der Waals surface area contributed by atoms with Crippen LogP contribution in [0.5, 0.6) is 0 Å². The van der Waals surface area contributed by atoms with E-state index in [4.69, 9.17) is 5.21 Å². The lowest BCUT2D eigenvalue weighted by Gasteiger charge is -1.93. The van der Waals surface area contributed by atoms with Gasteiger partial charge in [0.25, 0.3) is 0 Å². The van der Waals surface area contributed by atoms with E-state index < -0.39 is 0 Å². The summed E-state index contributed by atoms with van der Waals surface area (Å²) in [5.41, 5.74) is 0.949. The van der Waals surface area contributed by atoms with Gasteiger partial charge >= 0.3 is 0 Å². The molecule has 1 N–H and O–H groups in total. The molecule has 1 rings (SSSR count). The maximum atomic E-state index is 8.87. The number of rotatable bonds is 1. The first-order chi connectivity index (χ1) is 3.84. The highest BCUT2D eigenvalue weighted by Gasteiger charge is 1.91. The van der Waals surface area contributed by atoms with E-state index in [1.54, 1.807) is 6.20 Å². The molecule has 0 radical (unpaired) electrons. The number of nitrogens with zero attached hydrogens (tertiary/aromatic N) is 1. The van der Waals surface area contributed by atoms with Crippen LogP contribution in [-0.4, -0.2) is 9.94 Å². The molecular formula is C6H9NO. The van der Waals surface area contributed by atoms with Gasteiger partial charge in [0.15, 0.2) is 0 Å². The molecule has 2 nitrogen and oxygen atoms in total. The van der Waals surface area contributed by atoms with Gasteiger partial charge in [0.05, 0.1) is 5.69 Å². The van der Waals surface area contributed by atoms with Gasteiger partial charge in [-0.1, -0.05) is 6.92 Å². The maximum absolute atomic E-state index is 8.87. The minimum absolute atomic E-state index is 0.878. The van der Waals surface area contributed by atoms with E-state index in [-0.39, 0.29) is 0 Å². The number of aromatic nitrogens is 1. The summed E-state index contributed by atoms with van der Waals surface area (Å²) in [7, 11) is 0. The van der Waals surface area contributed by atoms with Crippen LogP contribution in [0.4, 0.5) is 0 Å². The summed E-state index contributed by atoms with van der Waals surface area (Å²) >= 11 is 0. The van der Waals surface area contributed by atoms with Gasteiger partial charge in [-0.2, -0.15) is 4.73 Å². The van der Waals surface area contributed by atoms with Crippen molar-refractivity contribution in [2.24, 2.45) is 0 Å². The van der Waals surface area contributed by atoms with Crippen LogP contribution in [-0.2, 0) is 6.42 Å². The monoisotopic (exact) mass is 111 g/mol. The fourth-order valence-electron chi connectivity index (χ4n) is 0.688. The molecule has 0 fully saturated rings. The lowest BCUT2D eigenvalue weighted by molar-refractivity contribution is 0.179. The summed E-state index contributed by atoms with van der Waals surface area (Å²) in [5, 5.41) is 8.87. The van der Waals surface area contributed by atoms with Crippen LogP contribution in [0.3, 0.4) is 0 Å². The normalized spacial score (nSPS) is 9.62. The lowest BCUT2D eigenvalue weighted by Crippen LogP contribution is -1.92. The molecule has 8 heavy (non-hydrogen) atoms. The second-order valence-electron chi connectivity index (χ2n) is 1.70. The Balaban J connectivity index is 2.92. The number of aryl methyl sites for hydroxylation is 1. The Hall–Kier alpha value is -0.920. The first-order valence-electron chi connectivity index (χ1n) is 2.70. The SMILES string of the molecule is CCc1cccn1O. The van der Waals surface area contributed by atoms with Gasteiger partial charge in [-0.25, -0.2) is 0 Å². The molecule has 0 aliphatic rings. The van der Waals surface area contributed by atoms with Crippen LogP contribution in [0, 0.1) is 0 Å². The topological polar surface area (TPSA) is 25.2 Å². The van der Waals surface area contributed by atoms with E-state index in [0.29, 0.717) is 0 Å². The zero-order chi connectivity index (χ0) is 5.98. The molecular weight excluding hydrogens is 102 g/mol. The highest BCUT2D eigenvalue weighted by molar-refractivity contribution is 5.04. The molecule has 0 aliphatic carbocycles. The highest BCUT2D eigenvalue weighted by Crippen LogP contribution is 1.97. The van der Waals surface area contributed by atoms with Gasteiger partial charge in [0.2, 0.25) is 0 Å². The van der Waals surface area contributed by atoms with E-state index >= 15 is 0 Å². The minimum Gasteiger partial charge on any atom is -0.429 e. The average Bonchev–Trinajstić information content (AvgIpc) is 2.14. The predicted octanol–water partition coefficient (Wildman–Crippen LogP) is 1.29. The third kappa shape index (κ3) is 0.689. The van der Waals surface area contributed by atoms with Crippen molar-refractivity contribution >= 4 is 0 Å². The zero-order valence-electron chi connectivity index (χ0n) is 4.83. The molecule has 0 saturated heterocycles. The maximum Gasteiger partial charge on any atom is 0.0564 e. The van der Waals surface area contributed by atoms with Gasteiger partial charge in [0.1, 0.15) is 0 Å². The zero-order valence-corrected chi connectivity index (χ0v) is 4.83. The van der Waals surface area contributed by atoms with Crippen LogP contribution >= 0.6 is 0 Å². The van der Waals surface area contributed by atoms with Crippen LogP contribution in [0.15, 0.2) is 18.3 Å². The first kappa shape index (κ1) is 5.22. The van der Waals surface area contributed by atoms with Gasteiger partial charge < -0.3 is 5.21 Å². The van der Waals surface area contributed by atoms with Crippen molar-refractivity contribution in [1.29, 1.82) is 0 Å². The fraction of sp³-hybridized carbons (Fsp3) is 0.333. The Morgan fingerprint density at radius 3 is 2.75 bits per heavy atom. The molecule has 0 aliphatic heterocycles. The second-order valence-corrected chi connectivity index (χ2v) is 1.70. The van der Waals surface area contributed by atoms with Crippen molar-refractivity contribution in [1.82, 2.24) is 4.73 Å². The van der Waals surface area contributed by atoms with Crippen molar-refractivity contribution in [2.45, 2.75) is 13.3 Å². The lowest BCUT2D eigenvalue weighted by atomic mass is 10.3. The van der Waals surface area contributed by atoms with E-state index in [9.17, 15) is 0 Å². The number of hydrogen-bond donors (Lipinski definition) is 1. The molecule has 0 atom stereocenters. The molecule has 44 valence electrons. The Labute approximate surface area is 48.3 Å². The van der Waals surface area contributed by atoms with E-state index in [1.807, 2.05) is 19.1 Å². The van der Waals surface area contributed by atoms with Crippen LogP contribution in [0.1, 0.15) is 12.6 Å². The third-order valence-electron chi connectivity index (χ3n) is 1.17. The summed E-state index contributed by atoms with van der Waals surface area (Å²) in [6.45, 7) is 2.00.